The van der Waals surface area contributed by atoms with E-state index in [1.54, 1.807) is 4.90 Å². The number of ether oxygens (including phenoxy) is 1. The van der Waals surface area contributed by atoms with Crippen LogP contribution in [0.1, 0.15) is 39.5 Å². The fraction of sp³-hybridized carbons (Fsp3) is 0.550. The summed E-state index contributed by atoms with van der Waals surface area (Å²) < 4.78 is 5.05. The van der Waals surface area contributed by atoms with Crippen molar-refractivity contribution in [3.05, 3.63) is 30.3 Å². The first kappa shape index (κ1) is 19.9. The first-order valence-corrected chi connectivity index (χ1v) is 9.25. The Hall–Kier alpha value is -2.37. The van der Waals surface area contributed by atoms with Crippen LogP contribution in [-0.2, 0) is 19.1 Å². The molecule has 1 fully saturated rings. The van der Waals surface area contributed by atoms with E-state index in [9.17, 15) is 14.4 Å². The summed E-state index contributed by atoms with van der Waals surface area (Å²) in [6.07, 6.45) is 2.33. The van der Waals surface area contributed by atoms with Crippen molar-refractivity contribution in [1.82, 2.24) is 4.90 Å². The molecule has 0 radical (unpaired) electrons. The van der Waals surface area contributed by atoms with E-state index in [2.05, 4.69) is 5.32 Å². The number of benzene rings is 1. The Kier molecular flexibility index (Phi) is 7.63. The van der Waals surface area contributed by atoms with Gasteiger partial charge in [0.2, 0.25) is 5.91 Å². The molecule has 6 nitrogen and oxygen atoms in total. The fourth-order valence-corrected chi connectivity index (χ4v) is 2.87. The SMILES string of the molecule is CC(C)CCC(=O)OCC(=O)N1CCC(C(=O)Nc2ccccc2)CC1. The molecule has 1 aliphatic rings. The number of nitrogens with zero attached hydrogens (tertiary/aromatic N) is 1. The van der Waals surface area contributed by atoms with E-state index >= 15 is 0 Å². The Balaban J connectivity index is 1.69. The highest BCUT2D eigenvalue weighted by Gasteiger charge is 2.27. The van der Waals surface area contributed by atoms with Crippen molar-refractivity contribution in [3.63, 3.8) is 0 Å². The van der Waals surface area contributed by atoms with Crippen LogP contribution in [0.4, 0.5) is 5.69 Å². The third kappa shape index (κ3) is 6.50. The summed E-state index contributed by atoms with van der Waals surface area (Å²) in [4.78, 5) is 37.7. The zero-order valence-corrected chi connectivity index (χ0v) is 15.6. The minimum absolute atomic E-state index is 0.0107. The first-order valence-electron chi connectivity index (χ1n) is 9.25. The largest absolute Gasteiger partial charge is 0.456 e. The smallest absolute Gasteiger partial charge is 0.306 e. The summed E-state index contributed by atoms with van der Waals surface area (Å²) in [5.74, 6) is -0.204. The normalized spacial score (nSPS) is 15.0. The van der Waals surface area contributed by atoms with Crippen LogP contribution < -0.4 is 5.32 Å². The van der Waals surface area contributed by atoms with Gasteiger partial charge in [-0.15, -0.1) is 0 Å². The number of amides is 2. The van der Waals surface area contributed by atoms with Crippen molar-refractivity contribution >= 4 is 23.5 Å². The fourth-order valence-electron chi connectivity index (χ4n) is 2.87. The minimum atomic E-state index is -0.329. The van der Waals surface area contributed by atoms with E-state index < -0.39 is 0 Å². The number of anilines is 1. The molecule has 2 rings (SSSR count). The van der Waals surface area contributed by atoms with Gasteiger partial charge in [-0.1, -0.05) is 32.0 Å². The van der Waals surface area contributed by atoms with Crippen LogP contribution in [0, 0.1) is 11.8 Å². The molecular formula is C20H28N2O4. The topological polar surface area (TPSA) is 75.7 Å². The van der Waals surface area contributed by atoms with Gasteiger partial charge in [0.05, 0.1) is 0 Å². The van der Waals surface area contributed by atoms with Crippen LogP contribution in [0.3, 0.4) is 0 Å². The Morgan fingerprint density at radius 1 is 1.15 bits per heavy atom. The molecule has 1 aromatic carbocycles. The number of likely N-dealkylation sites (tertiary alicyclic amines) is 1. The predicted octanol–water partition coefficient (Wildman–Crippen LogP) is 2.84. The third-order valence-electron chi connectivity index (χ3n) is 4.54. The van der Waals surface area contributed by atoms with Crippen LogP contribution in [0.2, 0.25) is 0 Å². The minimum Gasteiger partial charge on any atom is -0.456 e. The second-order valence-corrected chi connectivity index (χ2v) is 7.10. The van der Waals surface area contributed by atoms with Gasteiger partial charge in [-0.3, -0.25) is 14.4 Å². The standard InChI is InChI=1S/C20H28N2O4/c1-15(2)8-9-19(24)26-14-18(23)22-12-10-16(11-13-22)20(25)21-17-6-4-3-5-7-17/h3-7,15-16H,8-14H2,1-2H3,(H,21,25). The Bertz CT molecular complexity index is 607. The maximum Gasteiger partial charge on any atom is 0.306 e. The van der Waals surface area contributed by atoms with Gasteiger partial charge in [0, 0.05) is 31.1 Å². The lowest BCUT2D eigenvalue weighted by atomic mass is 9.95. The molecule has 1 heterocycles. The lowest BCUT2D eigenvalue weighted by molar-refractivity contribution is -0.152. The van der Waals surface area contributed by atoms with Gasteiger partial charge in [0.1, 0.15) is 0 Å². The average molecular weight is 360 g/mol. The zero-order chi connectivity index (χ0) is 18.9. The van der Waals surface area contributed by atoms with Gasteiger partial charge in [-0.25, -0.2) is 0 Å². The van der Waals surface area contributed by atoms with E-state index in [0.717, 1.165) is 12.1 Å². The number of piperidine rings is 1. The van der Waals surface area contributed by atoms with E-state index in [1.165, 1.54) is 0 Å². The molecule has 0 atom stereocenters. The Morgan fingerprint density at radius 3 is 2.42 bits per heavy atom. The number of hydrogen-bond acceptors (Lipinski definition) is 4. The second-order valence-electron chi connectivity index (χ2n) is 7.10. The van der Waals surface area contributed by atoms with Gasteiger partial charge in [0.15, 0.2) is 6.61 Å². The molecular weight excluding hydrogens is 332 g/mol. The molecule has 2 amide bonds. The molecule has 142 valence electrons. The summed E-state index contributed by atoms with van der Waals surface area (Å²) in [6.45, 7) is 4.88. The number of nitrogens with one attached hydrogen (secondary N) is 1. The highest BCUT2D eigenvalue weighted by atomic mass is 16.5. The average Bonchev–Trinajstić information content (AvgIpc) is 2.65. The van der Waals surface area contributed by atoms with Crippen molar-refractivity contribution in [1.29, 1.82) is 0 Å². The van der Waals surface area contributed by atoms with Crippen LogP contribution in [0.25, 0.3) is 0 Å². The van der Waals surface area contributed by atoms with Gasteiger partial charge in [-0.05, 0) is 37.3 Å². The summed E-state index contributed by atoms with van der Waals surface area (Å²) in [5.41, 5.74) is 0.782. The number of para-hydroxylation sites is 1. The molecule has 1 aromatic rings. The maximum atomic E-state index is 12.3. The molecule has 0 saturated carbocycles. The van der Waals surface area contributed by atoms with Crippen molar-refractivity contribution in [2.45, 2.75) is 39.5 Å². The quantitative estimate of drug-likeness (QED) is 0.759. The zero-order valence-electron chi connectivity index (χ0n) is 15.6. The second kappa shape index (κ2) is 9.94. The van der Waals surface area contributed by atoms with Crippen LogP contribution in [0.5, 0.6) is 0 Å². The molecule has 1 N–H and O–H groups in total. The summed E-state index contributed by atoms with van der Waals surface area (Å²) in [7, 11) is 0. The molecule has 0 spiro atoms. The van der Waals surface area contributed by atoms with E-state index in [0.29, 0.717) is 38.3 Å². The Labute approximate surface area is 154 Å². The summed E-state index contributed by atoms with van der Waals surface area (Å²) in [5, 5.41) is 2.91. The highest BCUT2D eigenvalue weighted by Crippen LogP contribution is 2.19. The maximum absolute atomic E-state index is 12.3. The van der Waals surface area contributed by atoms with Gasteiger partial charge < -0.3 is 15.0 Å². The van der Waals surface area contributed by atoms with Crippen LogP contribution in [-0.4, -0.2) is 42.4 Å². The number of carbonyl (C=O) groups is 3. The molecule has 0 aliphatic carbocycles. The monoisotopic (exact) mass is 360 g/mol. The van der Waals surface area contributed by atoms with Gasteiger partial charge in [0.25, 0.3) is 5.91 Å². The predicted molar refractivity (Wildman–Crippen MR) is 99.4 cm³/mol. The van der Waals surface area contributed by atoms with Crippen LogP contribution >= 0.6 is 0 Å². The van der Waals surface area contributed by atoms with Gasteiger partial charge in [-0.2, -0.15) is 0 Å². The Morgan fingerprint density at radius 2 is 1.81 bits per heavy atom. The number of rotatable bonds is 7. The molecule has 0 aromatic heterocycles. The van der Waals surface area contributed by atoms with E-state index in [4.69, 9.17) is 4.74 Å². The number of esters is 1. The van der Waals surface area contributed by atoms with Crippen molar-refractivity contribution in [3.8, 4) is 0 Å². The van der Waals surface area contributed by atoms with Crippen LogP contribution in [0.15, 0.2) is 30.3 Å². The highest BCUT2D eigenvalue weighted by molar-refractivity contribution is 5.92. The molecule has 1 aliphatic heterocycles. The van der Waals surface area contributed by atoms with E-state index in [-0.39, 0.29) is 30.3 Å². The van der Waals surface area contributed by atoms with E-state index in [1.807, 2.05) is 44.2 Å². The molecule has 6 heteroatoms. The number of carbonyl (C=O) groups excluding carboxylic acids is 3. The number of hydrogen-bond donors (Lipinski definition) is 1. The lowest BCUT2D eigenvalue weighted by Gasteiger charge is -2.31. The summed E-state index contributed by atoms with van der Waals surface area (Å²) in [6, 6.07) is 9.35. The molecule has 0 unspecified atom stereocenters. The first-order chi connectivity index (χ1) is 12.5. The molecule has 0 bridgehead atoms. The third-order valence-corrected chi connectivity index (χ3v) is 4.54. The van der Waals surface area contributed by atoms with Crippen molar-refractivity contribution in [2.24, 2.45) is 11.8 Å². The van der Waals surface area contributed by atoms with Gasteiger partial charge >= 0.3 is 5.97 Å². The molecule has 26 heavy (non-hydrogen) atoms. The summed E-state index contributed by atoms with van der Waals surface area (Å²) >= 11 is 0. The van der Waals surface area contributed by atoms with Crippen molar-refractivity contribution < 1.29 is 19.1 Å². The lowest BCUT2D eigenvalue weighted by Crippen LogP contribution is -2.43. The van der Waals surface area contributed by atoms with Crippen molar-refractivity contribution in [2.75, 3.05) is 25.0 Å². The molecule has 1 saturated heterocycles.